The number of unbranched alkanes of at least 4 members (excludes halogenated alkanes) is 7. The third-order valence-corrected chi connectivity index (χ3v) is 7.28. The van der Waals surface area contributed by atoms with Crippen LogP contribution in [0.1, 0.15) is 122 Å². The quantitative estimate of drug-likeness (QED) is 0.181. The summed E-state index contributed by atoms with van der Waals surface area (Å²) in [5.41, 5.74) is 0.274. The Morgan fingerprint density at radius 3 is 2.10 bits per heavy atom. The molecule has 1 fully saturated rings. The van der Waals surface area contributed by atoms with Crippen molar-refractivity contribution in [1.82, 2.24) is 0 Å². The normalized spacial score (nSPS) is 20.6. The fourth-order valence-electron chi connectivity index (χ4n) is 4.65. The number of esters is 1. The maximum absolute atomic E-state index is 12.3. The van der Waals surface area contributed by atoms with Crippen molar-refractivity contribution in [2.45, 2.75) is 117 Å². The summed E-state index contributed by atoms with van der Waals surface area (Å²) in [5, 5.41) is 9.24. The van der Waals surface area contributed by atoms with Gasteiger partial charge in [0.05, 0.1) is 6.07 Å². The summed E-state index contributed by atoms with van der Waals surface area (Å²) in [7, 11) is 0. The van der Waals surface area contributed by atoms with Crippen LogP contribution >= 0.6 is 0 Å². The number of nitriles is 1. The Morgan fingerprint density at radius 2 is 1.55 bits per heavy atom. The highest BCUT2D eigenvalue weighted by molar-refractivity contribution is 5.81. The summed E-state index contributed by atoms with van der Waals surface area (Å²) < 4.78 is 5.45. The maximum Gasteiger partial charge on any atom is 0.331 e. The van der Waals surface area contributed by atoms with Gasteiger partial charge in [-0.2, -0.15) is 5.26 Å². The van der Waals surface area contributed by atoms with Crippen molar-refractivity contribution in [3.05, 3.63) is 29.8 Å². The number of rotatable bonds is 13. The molecule has 31 heavy (non-hydrogen) atoms. The fraction of sp³-hybridized carbons (Fsp3) is 0.714. The van der Waals surface area contributed by atoms with Gasteiger partial charge in [-0.05, 0) is 68.6 Å². The molecule has 0 amide bonds. The Labute approximate surface area is 190 Å². The van der Waals surface area contributed by atoms with Gasteiger partial charge < -0.3 is 4.74 Å². The SMILES string of the molecule is CCCCCCCCCCC1CCC(c2ccc(OC(=O)C(C)(C#N)CC)cc2)CC1. The lowest BCUT2D eigenvalue weighted by atomic mass is 9.77. The van der Waals surface area contributed by atoms with Crippen LogP contribution in [0.3, 0.4) is 0 Å². The van der Waals surface area contributed by atoms with Gasteiger partial charge in [0.15, 0.2) is 5.41 Å². The predicted molar refractivity (Wildman–Crippen MR) is 128 cm³/mol. The van der Waals surface area contributed by atoms with E-state index in [0.29, 0.717) is 18.1 Å². The monoisotopic (exact) mass is 425 g/mol. The van der Waals surface area contributed by atoms with Crippen LogP contribution in [-0.4, -0.2) is 5.97 Å². The summed E-state index contributed by atoms with van der Waals surface area (Å²) in [6.07, 6.45) is 18.3. The van der Waals surface area contributed by atoms with Crippen LogP contribution in [0.15, 0.2) is 24.3 Å². The van der Waals surface area contributed by atoms with Crippen molar-refractivity contribution in [3.8, 4) is 11.8 Å². The van der Waals surface area contributed by atoms with Gasteiger partial charge in [-0.15, -0.1) is 0 Å². The highest BCUT2D eigenvalue weighted by Gasteiger charge is 2.33. The zero-order valence-electron chi connectivity index (χ0n) is 20.1. The molecule has 1 atom stereocenters. The van der Waals surface area contributed by atoms with E-state index >= 15 is 0 Å². The molecule has 3 nitrogen and oxygen atoms in total. The van der Waals surface area contributed by atoms with E-state index in [1.165, 1.54) is 89.0 Å². The smallest absolute Gasteiger partial charge is 0.331 e. The topological polar surface area (TPSA) is 50.1 Å². The summed E-state index contributed by atoms with van der Waals surface area (Å²) >= 11 is 0. The van der Waals surface area contributed by atoms with Crippen molar-refractivity contribution in [3.63, 3.8) is 0 Å². The van der Waals surface area contributed by atoms with E-state index in [-0.39, 0.29) is 0 Å². The first-order valence-electron chi connectivity index (χ1n) is 12.8. The molecular weight excluding hydrogens is 382 g/mol. The standard InChI is InChI=1S/C28H43NO2/c1-4-6-7-8-9-10-11-12-13-23-14-16-24(17-15-23)25-18-20-26(21-19-25)31-27(30)28(3,5-2)22-29/h18-21,23-24H,4-17H2,1-3H3. The largest absolute Gasteiger partial charge is 0.425 e. The van der Waals surface area contributed by atoms with Gasteiger partial charge in [0.25, 0.3) is 0 Å². The zero-order chi connectivity index (χ0) is 22.5. The van der Waals surface area contributed by atoms with E-state index in [1.807, 2.05) is 19.1 Å². The minimum atomic E-state index is -1.08. The lowest BCUT2D eigenvalue weighted by Crippen LogP contribution is -2.29. The summed E-state index contributed by atoms with van der Waals surface area (Å²) in [6, 6.07) is 10.0. The Balaban J connectivity index is 1.67. The van der Waals surface area contributed by atoms with Crippen LogP contribution in [0.5, 0.6) is 5.75 Å². The molecule has 0 saturated heterocycles. The number of hydrogen-bond donors (Lipinski definition) is 0. The van der Waals surface area contributed by atoms with E-state index in [1.54, 1.807) is 6.92 Å². The second kappa shape index (κ2) is 13.6. The second-order valence-corrected chi connectivity index (χ2v) is 9.74. The predicted octanol–water partition coefficient (Wildman–Crippen LogP) is 8.34. The summed E-state index contributed by atoms with van der Waals surface area (Å²) in [5.74, 6) is 1.60. The van der Waals surface area contributed by atoms with Crippen LogP contribution in [0.25, 0.3) is 0 Å². The molecule has 0 spiro atoms. The first-order chi connectivity index (χ1) is 15.0. The lowest BCUT2D eigenvalue weighted by molar-refractivity contribution is -0.141. The molecule has 0 N–H and O–H groups in total. The minimum Gasteiger partial charge on any atom is -0.425 e. The van der Waals surface area contributed by atoms with E-state index in [4.69, 9.17) is 4.74 Å². The molecule has 1 aliphatic rings. The summed E-state index contributed by atoms with van der Waals surface area (Å²) in [4.78, 5) is 12.3. The molecule has 1 aliphatic carbocycles. The molecule has 2 rings (SSSR count). The minimum absolute atomic E-state index is 0.447. The average Bonchev–Trinajstić information content (AvgIpc) is 2.81. The molecule has 0 aliphatic heterocycles. The molecule has 0 radical (unpaired) electrons. The van der Waals surface area contributed by atoms with Gasteiger partial charge in [0.2, 0.25) is 0 Å². The van der Waals surface area contributed by atoms with Crippen molar-refractivity contribution in [2.24, 2.45) is 11.3 Å². The number of hydrogen-bond acceptors (Lipinski definition) is 3. The van der Waals surface area contributed by atoms with Crippen molar-refractivity contribution in [1.29, 1.82) is 5.26 Å². The molecule has 0 bridgehead atoms. The number of carbonyl (C=O) groups is 1. The molecule has 172 valence electrons. The van der Waals surface area contributed by atoms with Crippen molar-refractivity contribution < 1.29 is 9.53 Å². The van der Waals surface area contributed by atoms with Gasteiger partial charge in [-0.1, -0.05) is 83.8 Å². The zero-order valence-corrected chi connectivity index (χ0v) is 20.1. The molecule has 1 unspecified atom stereocenters. The molecule has 1 saturated carbocycles. The maximum atomic E-state index is 12.3. The Hall–Kier alpha value is -1.82. The first kappa shape index (κ1) is 25.4. The van der Waals surface area contributed by atoms with E-state index in [0.717, 1.165) is 5.92 Å². The van der Waals surface area contributed by atoms with Gasteiger partial charge in [0.1, 0.15) is 5.75 Å². The third kappa shape index (κ3) is 8.32. The highest BCUT2D eigenvalue weighted by Crippen LogP contribution is 2.38. The van der Waals surface area contributed by atoms with E-state index in [2.05, 4.69) is 25.1 Å². The molecule has 0 heterocycles. The van der Waals surface area contributed by atoms with Gasteiger partial charge in [-0.3, -0.25) is 0 Å². The number of nitrogens with zero attached hydrogens (tertiary/aromatic N) is 1. The highest BCUT2D eigenvalue weighted by atomic mass is 16.5. The first-order valence-corrected chi connectivity index (χ1v) is 12.8. The number of benzene rings is 1. The lowest BCUT2D eigenvalue weighted by Gasteiger charge is -2.29. The van der Waals surface area contributed by atoms with Crippen LogP contribution < -0.4 is 4.74 Å². The van der Waals surface area contributed by atoms with Gasteiger partial charge >= 0.3 is 5.97 Å². The van der Waals surface area contributed by atoms with Crippen molar-refractivity contribution in [2.75, 3.05) is 0 Å². The van der Waals surface area contributed by atoms with Crippen LogP contribution in [0, 0.1) is 22.7 Å². The van der Waals surface area contributed by atoms with E-state index < -0.39 is 11.4 Å². The van der Waals surface area contributed by atoms with Crippen molar-refractivity contribution >= 4 is 5.97 Å². The summed E-state index contributed by atoms with van der Waals surface area (Å²) in [6.45, 7) is 5.75. The second-order valence-electron chi connectivity index (χ2n) is 9.74. The average molecular weight is 426 g/mol. The Bertz CT molecular complexity index is 682. The Kier molecular flexibility index (Phi) is 11.1. The fourth-order valence-corrected chi connectivity index (χ4v) is 4.65. The molecular formula is C28H43NO2. The number of carbonyl (C=O) groups excluding carboxylic acids is 1. The Morgan fingerprint density at radius 1 is 0.968 bits per heavy atom. The molecule has 3 heteroatoms. The van der Waals surface area contributed by atoms with Crippen LogP contribution in [0.2, 0.25) is 0 Å². The molecule has 0 aromatic heterocycles. The number of ether oxygens (including phenoxy) is 1. The van der Waals surface area contributed by atoms with Crippen LogP contribution in [0.4, 0.5) is 0 Å². The van der Waals surface area contributed by atoms with E-state index in [9.17, 15) is 10.1 Å². The van der Waals surface area contributed by atoms with Crippen LogP contribution in [-0.2, 0) is 4.79 Å². The third-order valence-electron chi connectivity index (χ3n) is 7.28. The van der Waals surface area contributed by atoms with Gasteiger partial charge in [0, 0.05) is 0 Å². The van der Waals surface area contributed by atoms with Gasteiger partial charge in [-0.25, -0.2) is 4.79 Å². The molecule has 1 aromatic carbocycles. The molecule has 1 aromatic rings.